The van der Waals surface area contributed by atoms with Crippen molar-refractivity contribution >= 4 is 11.9 Å². The van der Waals surface area contributed by atoms with Gasteiger partial charge in [-0.2, -0.15) is 0 Å². The summed E-state index contributed by atoms with van der Waals surface area (Å²) in [4.78, 5) is 24.9. The summed E-state index contributed by atoms with van der Waals surface area (Å²) in [5, 5.41) is 9.32. The second-order valence-corrected chi connectivity index (χ2v) is 7.41. The minimum Gasteiger partial charge on any atom is -0.489 e. The fourth-order valence-corrected chi connectivity index (χ4v) is 3.74. The zero-order chi connectivity index (χ0) is 20.9. The van der Waals surface area contributed by atoms with Gasteiger partial charge in [0.2, 0.25) is 5.91 Å². The Hall–Kier alpha value is -3.60. The third-order valence-corrected chi connectivity index (χ3v) is 5.32. The summed E-state index contributed by atoms with van der Waals surface area (Å²) >= 11 is 0. The van der Waals surface area contributed by atoms with Gasteiger partial charge in [0, 0.05) is 13.0 Å². The van der Waals surface area contributed by atoms with Crippen LogP contribution in [0.15, 0.2) is 78.9 Å². The molecule has 0 radical (unpaired) electrons. The van der Waals surface area contributed by atoms with E-state index in [0.717, 1.165) is 28.0 Å². The van der Waals surface area contributed by atoms with Gasteiger partial charge in [0.25, 0.3) is 0 Å². The van der Waals surface area contributed by atoms with Crippen molar-refractivity contribution in [1.29, 1.82) is 0 Å². The summed E-state index contributed by atoms with van der Waals surface area (Å²) in [6, 6.07) is 25.1. The largest absolute Gasteiger partial charge is 0.489 e. The van der Waals surface area contributed by atoms with Crippen molar-refractivity contribution in [3.63, 3.8) is 0 Å². The topological polar surface area (TPSA) is 66.8 Å². The Morgan fingerprint density at radius 3 is 2.37 bits per heavy atom. The number of likely N-dealkylation sites (tertiary alicyclic amines) is 1. The van der Waals surface area contributed by atoms with Gasteiger partial charge in [-0.05, 0) is 40.8 Å². The van der Waals surface area contributed by atoms with Crippen molar-refractivity contribution in [2.24, 2.45) is 0 Å². The summed E-state index contributed by atoms with van der Waals surface area (Å²) in [5.74, 6) is -0.275. The lowest BCUT2D eigenvalue weighted by Gasteiger charge is -2.22. The first-order chi connectivity index (χ1) is 14.6. The maximum atomic E-state index is 12.1. The number of aliphatic carboxylic acids is 1. The molecule has 1 heterocycles. The molecule has 0 aliphatic carbocycles. The molecule has 1 saturated heterocycles. The number of carbonyl (C=O) groups is 2. The molecule has 1 amide bonds. The quantitative estimate of drug-likeness (QED) is 0.633. The lowest BCUT2D eigenvalue weighted by Crippen LogP contribution is -2.37. The van der Waals surface area contributed by atoms with E-state index in [4.69, 9.17) is 4.74 Å². The molecule has 0 bridgehead atoms. The highest BCUT2D eigenvalue weighted by atomic mass is 16.5. The van der Waals surface area contributed by atoms with Crippen molar-refractivity contribution in [2.45, 2.75) is 32.0 Å². The number of carbonyl (C=O) groups excluding carboxylic acids is 1. The van der Waals surface area contributed by atoms with Crippen LogP contribution in [-0.4, -0.2) is 27.9 Å². The van der Waals surface area contributed by atoms with E-state index < -0.39 is 12.0 Å². The van der Waals surface area contributed by atoms with E-state index in [9.17, 15) is 14.7 Å². The molecule has 1 fully saturated rings. The first-order valence-electron chi connectivity index (χ1n) is 9.98. The molecule has 3 aromatic carbocycles. The van der Waals surface area contributed by atoms with Gasteiger partial charge in [0.1, 0.15) is 18.4 Å². The van der Waals surface area contributed by atoms with Crippen LogP contribution in [0.1, 0.15) is 24.0 Å². The number of carboxylic acids is 1. The van der Waals surface area contributed by atoms with Crippen molar-refractivity contribution in [2.75, 3.05) is 0 Å². The maximum absolute atomic E-state index is 12.1. The highest BCUT2D eigenvalue weighted by Gasteiger charge is 2.35. The minimum atomic E-state index is -0.945. The van der Waals surface area contributed by atoms with E-state index >= 15 is 0 Å². The Balaban J connectivity index is 1.39. The van der Waals surface area contributed by atoms with Crippen LogP contribution in [0.2, 0.25) is 0 Å². The van der Waals surface area contributed by atoms with E-state index in [1.807, 2.05) is 66.7 Å². The highest BCUT2D eigenvalue weighted by molar-refractivity contribution is 5.87. The molecule has 0 saturated carbocycles. The van der Waals surface area contributed by atoms with E-state index in [-0.39, 0.29) is 5.91 Å². The van der Waals surface area contributed by atoms with Gasteiger partial charge in [0.15, 0.2) is 0 Å². The summed E-state index contributed by atoms with van der Waals surface area (Å²) in [6.07, 6.45) is 0.661. The summed E-state index contributed by atoms with van der Waals surface area (Å²) in [7, 11) is 0. The molecule has 0 unspecified atom stereocenters. The number of hydrogen-bond acceptors (Lipinski definition) is 3. The van der Waals surface area contributed by atoms with Crippen LogP contribution in [0.3, 0.4) is 0 Å². The smallest absolute Gasteiger partial charge is 0.326 e. The zero-order valence-electron chi connectivity index (χ0n) is 16.5. The molecular formula is C25H23NO4. The first kappa shape index (κ1) is 19.7. The Labute approximate surface area is 175 Å². The molecule has 5 heteroatoms. The molecule has 1 N–H and O–H groups in total. The standard InChI is InChI=1S/C25H23NO4/c27-24-14-13-23(25(28)29)26(24)16-18-5-4-6-19(15-18)17-30-22-11-9-21(10-12-22)20-7-2-1-3-8-20/h1-12,15,23H,13-14,16-17H2,(H,28,29)/t23-/m0/s1. The van der Waals surface area contributed by atoms with Gasteiger partial charge in [-0.25, -0.2) is 4.79 Å². The van der Waals surface area contributed by atoms with Gasteiger partial charge >= 0.3 is 5.97 Å². The van der Waals surface area contributed by atoms with Gasteiger partial charge in [-0.15, -0.1) is 0 Å². The molecule has 4 rings (SSSR count). The Morgan fingerprint density at radius 1 is 0.933 bits per heavy atom. The number of amides is 1. The Morgan fingerprint density at radius 2 is 1.63 bits per heavy atom. The van der Waals surface area contributed by atoms with Crippen LogP contribution < -0.4 is 4.74 Å². The molecule has 1 atom stereocenters. The second kappa shape index (κ2) is 8.82. The lowest BCUT2D eigenvalue weighted by atomic mass is 10.1. The third-order valence-electron chi connectivity index (χ3n) is 5.32. The van der Waals surface area contributed by atoms with E-state index in [0.29, 0.717) is 26.0 Å². The number of carboxylic acid groups (broad SMARTS) is 1. The van der Waals surface area contributed by atoms with Crippen molar-refractivity contribution in [3.05, 3.63) is 90.0 Å². The third kappa shape index (κ3) is 4.51. The molecule has 3 aromatic rings. The zero-order valence-corrected chi connectivity index (χ0v) is 16.5. The summed E-state index contributed by atoms with van der Waals surface area (Å²) in [6.45, 7) is 0.699. The van der Waals surface area contributed by atoms with Crippen LogP contribution in [0.4, 0.5) is 0 Å². The first-order valence-corrected chi connectivity index (χ1v) is 9.98. The van der Waals surface area contributed by atoms with Gasteiger partial charge in [-0.3, -0.25) is 4.79 Å². The van der Waals surface area contributed by atoms with Crippen LogP contribution in [-0.2, 0) is 22.7 Å². The SMILES string of the molecule is O=C(O)[C@@H]1CCC(=O)N1Cc1cccc(COc2ccc(-c3ccccc3)cc2)c1. The fourth-order valence-electron chi connectivity index (χ4n) is 3.74. The average Bonchev–Trinajstić information content (AvgIpc) is 3.14. The van der Waals surface area contributed by atoms with Gasteiger partial charge in [0.05, 0.1) is 0 Å². The second-order valence-electron chi connectivity index (χ2n) is 7.41. The molecule has 30 heavy (non-hydrogen) atoms. The predicted octanol–water partition coefficient (Wildman–Crippen LogP) is 4.51. The number of ether oxygens (including phenoxy) is 1. The molecule has 152 valence electrons. The Kier molecular flexibility index (Phi) is 5.80. The summed E-state index contributed by atoms with van der Waals surface area (Å²) < 4.78 is 5.91. The van der Waals surface area contributed by atoms with Crippen LogP contribution in [0.5, 0.6) is 5.75 Å². The monoisotopic (exact) mass is 401 g/mol. The van der Waals surface area contributed by atoms with Crippen molar-refractivity contribution in [1.82, 2.24) is 4.90 Å². The molecule has 0 spiro atoms. The number of nitrogens with zero attached hydrogens (tertiary/aromatic N) is 1. The van der Waals surface area contributed by atoms with Gasteiger partial charge in [-0.1, -0.05) is 66.7 Å². The molecule has 5 nitrogen and oxygen atoms in total. The van der Waals surface area contributed by atoms with E-state index in [2.05, 4.69) is 12.1 Å². The predicted molar refractivity (Wildman–Crippen MR) is 114 cm³/mol. The normalized spacial score (nSPS) is 15.9. The number of benzene rings is 3. The molecular weight excluding hydrogens is 378 g/mol. The van der Waals surface area contributed by atoms with Crippen LogP contribution in [0.25, 0.3) is 11.1 Å². The maximum Gasteiger partial charge on any atom is 0.326 e. The summed E-state index contributed by atoms with van der Waals surface area (Å²) in [5.41, 5.74) is 4.16. The van der Waals surface area contributed by atoms with Gasteiger partial charge < -0.3 is 14.7 Å². The lowest BCUT2D eigenvalue weighted by molar-refractivity contribution is -0.146. The van der Waals surface area contributed by atoms with E-state index in [1.54, 1.807) is 0 Å². The highest BCUT2D eigenvalue weighted by Crippen LogP contribution is 2.24. The number of rotatable bonds is 7. The number of hydrogen-bond donors (Lipinski definition) is 1. The van der Waals surface area contributed by atoms with E-state index in [1.165, 1.54) is 4.90 Å². The van der Waals surface area contributed by atoms with Crippen LogP contribution in [0, 0.1) is 0 Å². The average molecular weight is 401 g/mol. The minimum absolute atomic E-state index is 0.109. The molecule has 1 aliphatic heterocycles. The van der Waals surface area contributed by atoms with Crippen molar-refractivity contribution in [3.8, 4) is 16.9 Å². The molecule has 1 aliphatic rings. The van der Waals surface area contributed by atoms with Crippen LogP contribution >= 0.6 is 0 Å². The molecule has 0 aromatic heterocycles. The van der Waals surface area contributed by atoms with Crippen molar-refractivity contribution < 1.29 is 19.4 Å². The fraction of sp³-hybridized carbons (Fsp3) is 0.200. The Bertz CT molecular complexity index is 1030.